The number of carbonyl (C=O) groups is 2. The molecule has 6 heteroatoms. The second-order valence-electron chi connectivity index (χ2n) is 4.67. The molecule has 18 heavy (non-hydrogen) atoms. The molecule has 0 aliphatic carbocycles. The number of rotatable bonds is 2. The standard InChI is InChI=1S/C12H17N3O2S/c1-14(2)11(16)9-3-5-15(6-4-9)12(17)10-7-18-8-13-10/h7-9H,3-6H2,1-2H3. The number of nitrogens with zero attached hydrogens (tertiary/aromatic N) is 3. The highest BCUT2D eigenvalue weighted by molar-refractivity contribution is 7.07. The Kier molecular flexibility index (Phi) is 3.96. The van der Waals surface area contributed by atoms with Crippen molar-refractivity contribution in [3.05, 3.63) is 16.6 Å². The third-order valence-electron chi connectivity index (χ3n) is 3.22. The van der Waals surface area contributed by atoms with E-state index >= 15 is 0 Å². The highest BCUT2D eigenvalue weighted by Crippen LogP contribution is 2.20. The van der Waals surface area contributed by atoms with Gasteiger partial charge in [-0.05, 0) is 12.8 Å². The second-order valence-corrected chi connectivity index (χ2v) is 5.39. The zero-order valence-electron chi connectivity index (χ0n) is 10.6. The van der Waals surface area contributed by atoms with Gasteiger partial charge in [0.2, 0.25) is 5.91 Å². The van der Waals surface area contributed by atoms with Crippen LogP contribution in [0, 0.1) is 5.92 Å². The van der Waals surface area contributed by atoms with Crippen LogP contribution in [-0.4, -0.2) is 53.8 Å². The number of amides is 2. The maximum absolute atomic E-state index is 12.0. The van der Waals surface area contributed by atoms with Gasteiger partial charge in [-0.2, -0.15) is 0 Å². The monoisotopic (exact) mass is 267 g/mol. The lowest BCUT2D eigenvalue weighted by Gasteiger charge is -2.32. The average molecular weight is 267 g/mol. The summed E-state index contributed by atoms with van der Waals surface area (Å²) in [5.74, 6) is 0.197. The maximum atomic E-state index is 12.0. The Hall–Kier alpha value is -1.43. The van der Waals surface area contributed by atoms with Crippen LogP contribution in [-0.2, 0) is 4.79 Å². The minimum Gasteiger partial charge on any atom is -0.349 e. The van der Waals surface area contributed by atoms with Crippen LogP contribution in [0.15, 0.2) is 10.9 Å². The Labute approximate surface area is 110 Å². The number of piperidine rings is 1. The Bertz CT molecular complexity index is 423. The van der Waals surface area contributed by atoms with E-state index in [1.165, 1.54) is 11.3 Å². The van der Waals surface area contributed by atoms with E-state index in [0.29, 0.717) is 18.8 Å². The highest BCUT2D eigenvalue weighted by atomic mass is 32.1. The van der Waals surface area contributed by atoms with Gasteiger partial charge in [0.15, 0.2) is 0 Å². The molecule has 2 rings (SSSR count). The molecule has 0 aromatic carbocycles. The van der Waals surface area contributed by atoms with Gasteiger partial charge in [0.25, 0.3) is 5.91 Å². The molecule has 5 nitrogen and oxygen atoms in total. The quantitative estimate of drug-likeness (QED) is 0.806. The first kappa shape index (κ1) is 13.0. The predicted octanol–water partition coefficient (Wildman–Crippen LogP) is 1.08. The van der Waals surface area contributed by atoms with Crippen LogP contribution >= 0.6 is 11.3 Å². The van der Waals surface area contributed by atoms with Crippen LogP contribution in [0.5, 0.6) is 0 Å². The number of aromatic nitrogens is 1. The second kappa shape index (κ2) is 5.48. The van der Waals surface area contributed by atoms with Gasteiger partial charge >= 0.3 is 0 Å². The Morgan fingerprint density at radius 1 is 1.39 bits per heavy atom. The van der Waals surface area contributed by atoms with E-state index in [9.17, 15) is 9.59 Å². The van der Waals surface area contributed by atoms with Crippen LogP contribution < -0.4 is 0 Å². The summed E-state index contributed by atoms with van der Waals surface area (Å²) in [7, 11) is 3.55. The molecule has 1 saturated heterocycles. The summed E-state index contributed by atoms with van der Waals surface area (Å²) in [6, 6.07) is 0. The molecule has 0 bridgehead atoms. The van der Waals surface area contributed by atoms with Crippen molar-refractivity contribution in [2.45, 2.75) is 12.8 Å². The molecule has 0 atom stereocenters. The van der Waals surface area contributed by atoms with E-state index in [1.54, 1.807) is 34.8 Å². The lowest BCUT2D eigenvalue weighted by molar-refractivity contribution is -0.134. The van der Waals surface area contributed by atoms with Gasteiger partial charge in [-0.3, -0.25) is 9.59 Å². The largest absolute Gasteiger partial charge is 0.349 e. The smallest absolute Gasteiger partial charge is 0.273 e. The van der Waals surface area contributed by atoms with Crippen molar-refractivity contribution < 1.29 is 9.59 Å². The number of hydrogen-bond acceptors (Lipinski definition) is 4. The molecule has 1 aliphatic heterocycles. The number of thiazole rings is 1. The molecule has 1 aromatic heterocycles. The van der Waals surface area contributed by atoms with Crippen molar-refractivity contribution in [3.8, 4) is 0 Å². The van der Waals surface area contributed by atoms with E-state index in [2.05, 4.69) is 4.98 Å². The maximum Gasteiger partial charge on any atom is 0.273 e. The number of carbonyl (C=O) groups excluding carboxylic acids is 2. The SMILES string of the molecule is CN(C)C(=O)C1CCN(C(=O)c2cscn2)CC1. The fourth-order valence-electron chi connectivity index (χ4n) is 2.17. The van der Waals surface area contributed by atoms with Gasteiger partial charge < -0.3 is 9.80 Å². The first-order valence-corrected chi connectivity index (χ1v) is 6.92. The first-order chi connectivity index (χ1) is 8.59. The lowest BCUT2D eigenvalue weighted by Crippen LogP contribution is -2.42. The van der Waals surface area contributed by atoms with Crippen LogP contribution in [0.25, 0.3) is 0 Å². The molecule has 0 unspecified atom stereocenters. The van der Waals surface area contributed by atoms with E-state index in [0.717, 1.165) is 12.8 Å². The Morgan fingerprint density at radius 2 is 2.06 bits per heavy atom. The summed E-state index contributed by atoms with van der Waals surface area (Å²) >= 11 is 1.42. The fourth-order valence-corrected chi connectivity index (χ4v) is 2.70. The molecule has 1 aromatic rings. The molecule has 0 saturated carbocycles. The summed E-state index contributed by atoms with van der Waals surface area (Å²) < 4.78 is 0. The van der Waals surface area contributed by atoms with E-state index in [4.69, 9.17) is 0 Å². The van der Waals surface area contributed by atoms with Crippen molar-refractivity contribution >= 4 is 23.2 Å². The van der Waals surface area contributed by atoms with Crippen molar-refractivity contribution in [1.82, 2.24) is 14.8 Å². The molecule has 98 valence electrons. The molecule has 0 spiro atoms. The van der Waals surface area contributed by atoms with Crippen LogP contribution in [0.1, 0.15) is 23.3 Å². The van der Waals surface area contributed by atoms with Crippen molar-refractivity contribution in [3.63, 3.8) is 0 Å². The summed E-state index contributed by atoms with van der Waals surface area (Å²) in [5.41, 5.74) is 2.17. The van der Waals surface area contributed by atoms with Crippen LogP contribution in [0.3, 0.4) is 0 Å². The Morgan fingerprint density at radius 3 is 2.56 bits per heavy atom. The van der Waals surface area contributed by atoms with Crippen molar-refractivity contribution in [2.75, 3.05) is 27.2 Å². The molecular weight excluding hydrogens is 250 g/mol. The number of hydrogen-bond donors (Lipinski definition) is 0. The molecule has 0 radical (unpaired) electrons. The lowest BCUT2D eigenvalue weighted by atomic mass is 9.95. The third-order valence-corrected chi connectivity index (χ3v) is 3.81. The average Bonchev–Trinajstić information content (AvgIpc) is 2.91. The van der Waals surface area contributed by atoms with Gasteiger partial charge in [0, 0.05) is 38.5 Å². The van der Waals surface area contributed by atoms with Crippen molar-refractivity contribution in [2.24, 2.45) is 5.92 Å². The zero-order valence-corrected chi connectivity index (χ0v) is 11.4. The van der Waals surface area contributed by atoms with E-state index in [1.807, 2.05) is 0 Å². The minimum absolute atomic E-state index is 0.0213. The molecule has 0 N–H and O–H groups in total. The third kappa shape index (κ3) is 2.69. The van der Waals surface area contributed by atoms with Crippen LogP contribution in [0.4, 0.5) is 0 Å². The predicted molar refractivity (Wildman–Crippen MR) is 69.4 cm³/mol. The van der Waals surface area contributed by atoms with Crippen LogP contribution in [0.2, 0.25) is 0 Å². The van der Waals surface area contributed by atoms with Gasteiger partial charge in [-0.15, -0.1) is 11.3 Å². The molecular formula is C12H17N3O2S. The molecule has 2 heterocycles. The zero-order chi connectivity index (χ0) is 13.1. The van der Waals surface area contributed by atoms with Gasteiger partial charge in [-0.1, -0.05) is 0 Å². The highest BCUT2D eigenvalue weighted by Gasteiger charge is 2.28. The summed E-state index contributed by atoms with van der Waals surface area (Å²) in [5, 5.41) is 1.76. The van der Waals surface area contributed by atoms with Gasteiger partial charge in [0.05, 0.1) is 5.51 Å². The Balaban J connectivity index is 1.91. The normalized spacial score (nSPS) is 16.7. The van der Waals surface area contributed by atoms with Gasteiger partial charge in [-0.25, -0.2) is 4.98 Å². The fraction of sp³-hybridized carbons (Fsp3) is 0.583. The summed E-state index contributed by atoms with van der Waals surface area (Å²) in [4.78, 5) is 31.3. The summed E-state index contributed by atoms with van der Waals surface area (Å²) in [6.07, 6.45) is 1.49. The number of likely N-dealkylation sites (tertiary alicyclic amines) is 1. The summed E-state index contributed by atoms with van der Waals surface area (Å²) in [6.45, 7) is 1.28. The first-order valence-electron chi connectivity index (χ1n) is 5.98. The molecule has 2 amide bonds. The molecule has 1 fully saturated rings. The topological polar surface area (TPSA) is 53.5 Å². The van der Waals surface area contributed by atoms with Crippen molar-refractivity contribution in [1.29, 1.82) is 0 Å². The van der Waals surface area contributed by atoms with E-state index < -0.39 is 0 Å². The van der Waals surface area contributed by atoms with E-state index in [-0.39, 0.29) is 17.7 Å². The van der Waals surface area contributed by atoms with Gasteiger partial charge in [0.1, 0.15) is 5.69 Å². The molecule has 1 aliphatic rings. The minimum atomic E-state index is -0.0213.